The summed E-state index contributed by atoms with van der Waals surface area (Å²) in [5, 5.41) is 2.49. The molecule has 0 aliphatic rings. The lowest BCUT2D eigenvalue weighted by molar-refractivity contribution is 0.102. The number of nitrogens with two attached hydrogens (primary N) is 1. The molecular weight excluding hydrogens is 327 g/mol. The van der Waals surface area contributed by atoms with Gasteiger partial charge in [-0.1, -0.05) is 15.9 Å². The van der Waals surface area contributed by atoms with Crippen LogP contribution in [-0.2, 0) is 0 Å². The fraction of sp³-hybridized carbons (Fsp3) is 0.0714. The molecule has 2 rings (SSSR count). The number of rotatable bonds is 3. The summed E-state index contributed by atoms with van der Waals surface area (Å²) in [6.45, 7) is 0. The first kappa shape index (κ1) is 14.3. The molecule has 0 aliphatic heterocycles. The summed E-state index contributed by atoms with van der Waals surface area (Å²) < 4.78 is 19.4. The monoisotopic (exact) mass is 338 g/mol. The molecule has 20 heavy (non-hydrogen) atoms. The van der Waals surface area contributed by atoms with E-state index in [2.05, 4.69) is 21.2 Å². The van der Waals surface area contributed by atoms with E-state index in [-0.39, 0.29) is 11.3 Å². The highest BCUT2D eigenvalue weighted by Crippen LogP contribution is 2.24. The number of anilines is 2. The van der Waals surface area contributed by atoms with Gasteiger partial charge in [0.1, 0.15) is 11.6 Å². The number of carbonyl (C=O) groups excluding carboxylic acids is 1. The van der Waals surface area contributed by atoms with Crippen molar-refractivity contribution >= 4 is 33.2 Å². The van der Waals surface area contributed by atoms with E-state index in [1.807, 2.05) is 0 Å². The molecule has 4 nitrogen and oxygen atoms in total. The maximum absolute atomic E-state index is 13.6. The topological polar surface area (TPSA) is 64.3 Å². The SMILES string of the molecule is COc1ccc(N)cc1C(=O)Nc1cc(Br)ccc1F. The van der Waals surface area contributed by atoms with Crippen molar-refractivity contribution in [2.24, 2.45) is 0 Å². The standard InChI is InChI=1S/C14H12BrFN2O2/c1-20-13-5-3-9(17)7-10(13)14(19)18-12-6-8(15)2-4-11(12)16/h2-7H,17H2,1H3,(H,18,19). The molecule has 0 aliphatic carbocycles. The van der Waals surface area contributed by atoms with E-state index in [0.29, 0.717) is 15.9 Å². The van der Waals surface area contributed by atoms with Gasteiger partial charge in [-0.2, -0.15) is 0 Å². The van der Waals surface area contributed by atoms with Crippen LogP contribution in [0.2, 0.25) is 0 Å². The van der Waals surface area contributed by atoms with Crippen molar-refractivity contribution in [2.75, 3.05) is 18.2 Å². The largest absolute Gasteiger partial charge is 0.496 e. The summed E-state index contributed by atoms with van der Waals surface area (Å²) in [6, 6.07) is 8.97. The predicted molar refractivity (Wildman–Crippen MR) is 79.5 cm³/mol. The highest BCUT2D eigenvalue weighted by atomic mass is 79.9. The van der Waals surface area contributed by atoms with Crippen molar-refractivity contribution in [3.05, 3.63) is 52.3 Å². The summed E-state index contributed by atoms with van der Waals surface area (Å²) in [5.74, 6) is -0.650. The van der Waals surface area contributed by atoms with Gasteiger partial charge in [0.15, 0.2) is 0 Å². The molecule has 0 unspecified atom stereocenters. The van der Waals surface area contributed by atoms with Crippen LogP contribution in [-0.4, -0.2) is 13.0 Å². The first-order valence-corrected chi connectivity index (χ1v) is 6.50. The Morgan fingerprint density at radius 1 is 1.30 bits per heavy atom. The molecule has 0 spiro atoms. The normalized spacial score (nSPS) is 10.2. The van der Waals surface area contributed by atoms with Gasteiger partial charge in [0, 0.05) is 10.2 Å². The maximum Gasteiger partial charge on any atom is 0.259 e. The van der Waals surface area contributed by atoms with Crippen molar-refractivity contribution in [3.63, 3.8) is 0 Å². The van der Waals surface area contributed by atoms with Gasteiger partial charge in [-0.3, -0.25) is 4.79 Å². The third-order valence-corrected chi connectivity index (χ3v) is 3.14. The average Bonchev–Trinajstić information content (AvgIpc) is 2.42. The van der Waals surface area contributed by atoms with Gasteiger partial charge >= 0.3 is 0 Å². The Labute approximate surface area is 123 Å². The molecule has 0 heterocycles. The van der Waals surface area contributed by atoms with Crippen molar-refractivity contribution < 1.29 is 13.9 Å². The molecule has 0 radical (unpaired) electrons. The van der Waals surface area contributed by atoms with Gasteiger partial charge < -0.3 is 15.8 Å². The second kappa shape index (κ2) is 5.92. The number of hydrogen-bond acceptors (Lipinski definition) is 3. The highest BCUT2D eigenvalue weighted by molar-refractivity contribution is 9.10. The fourth-order valence-corrected chi connectivity index (χ4v) is 2.05. The van der Waals surface area contributed by atoms with E-state index in [1.165, 1.54) is 25.3 Å². The van der Waals surface area contributed by atoms with Crippen LogP contribution >= 0.6 is 15.9 Å². The number of halogens is 2. The zero-order chi connectivity index (χ0) is 14.7. The Morgan fingerprint density at radius 3 is 2.75 bits per heavy atom. The Morgan fingerprint density at radius 2 is 2.05 bits per heavy atom. The van der Waals surface area contributed by atoms with Crippen molar-refractivity contribution in [1.82, 2.24) is 0 Å². The number of methoxy groups -OCH3 is 1. The van der Waals surface area contributed by atoms with Gasteiger partial charge in [-0.05, 0) is 36.4 Å². The lowest BCUT2D eigenvalue weighted by Gasteiger charge is -2.11. The molecule has 2 aromatic carbocycles. The Bertz CT molecular complexity index is 662. The number of carbonyl (C=O) groups is 1. The fourth-order valence-electron chi connectivity index (χ4n) is 1.69. The Balaban J connectivity index is 2.32. The van der Waals surface area contributed by atoms with Crippen LogP contribution in [0.25, 0.3) is 0 Å². The molecule has 0 fully saturated rings. The Kier molecular flexibility index (Phi) is 4.24. The Hall–Kier alpha value is -2.08. The minimum absolute atomic E-state index is 0.0776. The van der Waals surface area contributed by atoms with Crippen molar-refractivity contribution in [2.45, 2.75) is 0 Å². The zero-order valence-electron chi connectivity index (χ0n) is 10.6. The molecule has 3 N–H and O–H groups in total. The molecule has 1 amide bonds. The second-order valence-corrected chi connectivity index (χ2v) is 4.95. The van der Waals surface area contributed by atoms with Crippen molar-refractivity contribution in [1.29, 1.82) is 0 Å². The summed E-state index contributed by atoms with van der Waals surface area (Å²) >= 11 is 3.22. The van der Waals surface area contributed by atoms with Crippen LogP contribution in [0.5, 0.6) is 5.75 Å². The molecule has 104 valence electrons. The lowest BCUT2D eigenvalue weighted by atomic mass is 10.1. The molecule has 0 aromatic heterocycles. The van der Waals surface area contributed by atoms with E-state index < -0.39 is 11.7 Å². The first-order valence-electron chi connectivity index (χ1n) is 5.71. The zero-order valence-corrected chi connectivity index (χ0v) is 12.2. The van der Waals surface area contributed by atoms with Crippen LogP contribution in [0.4, 0.5) is 15.8 Å². The number of amides is 1. The minimum Gasteiger partial charge on any atom is -0.496 e. The summed E-state index contributed by atoms with van der Waals surface area (Å²) in [4.78, 5) is 12.2. The second-order valence-electron chi connectivity index (χ2n) is 4.04. The molecule has 0 atom stereocenters. The van der Waals surface area contributed by atoms with Gasteiger partial charge in [0.2, 0.25) is 0 Å². The van der Waals surface area contributed by atoms with E-state index in [9.17, 15) is 9.18 Å². The van der Waals surface area contributed by atoms with E-state index in [1.54, 1.807) is 18.2 Å². The van der Waals surface area contributed by atoms with Crippen LogP contribution in [0, 0.1) is 5.82 Å². The number of hydrogen-bond donors (Lipinski definition) is 2. The number of ether oxygens (including phenoxy) is 1. The number of nitrogens with one attached hydrogen (secondary N) is 1. The lowest BCUT2D eigenvalue weighted by Crippen LogP contribution is -2.14. The highest BCUT2D eigenvalue weighted by Gasteiger charge is 2.14. The average molecular weight is 339 g/mol. The number of benzene rings is 2. The predicted octanol–water partition coefficient (Wildman–Crippen LogP) is 3.43. The van der Waals surface area contributed by atoms with E-state index >= 15 is 0 Å². The molecule has 0 bridgehead atoms. The summed E-state index contributed by atoms with van der Waals surface area (Å²) in [7, 11) is 1.45. The summed E-state index contributed by atoms with van der Waals surface area (Å²) in [6.07, 6.45) is 0. The third kappa shape index (κ3) is 3.08. The third-order valence-electron chi connectivity index (χ3n) is 2.64. The van der Waals surface area contributed by atoms with Crippen LogP contribution in [0.3, 0.4) is 0 Å². The molecule has 0 saturated carbocycles. The molecular formula is C14H12BrFN2O2. The van der Waals surface area contributed by atoms with Gasteiger partial charge in [0.25, 0.3) is 5.91 Å². The quantitative estimate of drug-likeness (QED) is 0.842. The van der Waals surface area contributed by atoms with E-state index in [0.717, 1.165) is 0 Å². The molecule has 0 saturated heterocycles. The van der Waals surface area contributed by atoms with Gasteiger partial charge in [0.05, 0.1) is 18.4 Å². The van der Waals surface area contributed by atoms with E-state index in [4.69, 9.17) is 10.5 Å². The first-order chi connectivity index (χ1) is 9.51. The van der Waals surface area contributed by atoms with Crippen molar-refractivity contribution in [3.8, 4) is 5.75 Å². The molecule has 2 aromatic rings. The smallest absolute Gasteiger partial charge is 0.259 e. The minimum atomic E-state index is -0.524. The maximum atomic E-state index is 13.6. The van der Waals surface area contributed by atoms with Crippen LogP contribution in [0.1, 0.15) is 10.4 Å². The van der Waals surface area contributed by atoms with Crippen LogP contribution < -0.4 is 15.8 Å². The van der Waals surface area contributed by atoms with Gasteiger partial charge in [-0.15, -0.1) is 0 Å². The molecule has 6 heteroatoms. The van der Waals surface area contributed by atoms with Crippen LogP contribution in [0.15, 0.2) is 40.9 Å². The van der Waals surface area contributed by atoms with Gasteiger partial charge in [-0.25, -0.2) is 4.39 Å². The summed E-state index contributed by atoms with van der Waals surface area (Å²) in [5.41, 5.74) is 6.39. The number of nitrogen functional groups attached to an aromatic ring is 1.